The van der Waals surface area contributed by atoms with Crippen LogP contribution in [0.25, 0.3) is 10.8 Å². The molecule has 3 heteroatoms. The molecule has 0 heterocycles. The maximum atomic E-state index is 11.1. The van der Waals surface area contributed by atoms with Crippen LogP contribution in [0.4, 0.5) is 0 Å². The number of nitrogens with zero attached hydrogens (tertiary/aromatic N) is 1. The molecule has 80 valence electrons. The van der Waals surface area contributed by atoms with E-state index in [-0.39, 0.29) is 5.56 Å². The normalized spacial score (nSPS) is 9.12. The summed E-state index contributed by atoms with van der Waals surface area (Å²) < 4.78 is 0. The molecule has 0 aliphatic heterocycles. The van der Waals surface area contributed by atoms with Crippen molar-refractivity contribution in [3.05, 3.63) is 47.5 Å². The van der Waals surface area contributed by atoms with Gasteiger partial charge in [0.25, 0.3) is 0 Å². The Bertz CT molecular complexity index is 699. The molecular weight excluding hydrogens is 214 g/mol. The van der Waals surface area contributed by atoms with Crippen LogP contribution in [0.1, 0.15) is 15.9 Å². The van der Waals surface area contributed by atoms with Gasteiger partial charge in [0, 0.05) is 11.5 Å². The van der Waals surface area contributed by atoms with E-state index in [9.17, 15) is 4.79 Å². The van der Waals surface area contributed by atoms with E-state index < -0.39 is 5.97 Å². The van der Waals surface area contributed by atoms with E-state index in [1.807, 2.05) is 0 Å². The number of aromatic carboxylic acids is 1. The summed E-state index contributed by atoms with van der Waals surface area (Å²) >= 11 is 0. The minimum Gasteiger partial charge on any atom is -0.478 e. The van der Waals surface area contributed by atoms with Gasteiger partial charge in [0.2, 0.25) is 0 Å². The summed E-state index contributed by atoms with van der Waals surface area (Å²) in [5, 5.41) is 18.9. The molecule has 0 aliphatic rings. The number of hydrogen-bond donors (Lipinski definition) is 1. The summed E-state index contributed by atoms with van der Waals surface area (Å²) in [5.41, 5.74) is 0.898. The van der Waals surface area contributed by atoms with Crippen LogP contribution in [-0.4, -0.2) is 11.1 Å². The van der Waals surface area contributed by atoms with Gasteiger partial charge >= 0.3 is 5.97 Å². The Morgan fingerprint density at radius 2 is 1.82 bits per heavy atom. The molecule has 0 fully saturated rings. The zero-order chi connectivity index (χ0) is 12.3. The number of carbonyl (C=O) groups is 1. The second-order valence-corrected chi connectivity index (χ2v) is 3.37. The van der Waals surface area contributed by atoms with E-state index in [0.717, 1.165) is 5.39 Å². The number of carboxylic acids is 1. The second-order valence-electron chi connectivity index (χ2n) is 3.37. The summed E-state index contributed by atoms with van der Waals surface area (Å²) in [6.45, 7) is 0. The van der Waals surface area contributed by atoms with E-state index in [4.69, 9.17) is 10.4 Å². The van der Waals surface area contributed by atoms with E-state index >= 15 is 0 Å². The van der Waals surface area contributed by atoms with Crippen LogP contribution in [0, 0.1) is 23.2 Å². The minimum atomic E-state index is -0.971. The number of benzene rings is 2. The Balaban J connectivity index is 2.80. The highest BCUT2D eigenvalue weighted by Crippen LogP contribution is 2.22. The van der Waals surface area contributed by atoms with Crippen LogP contribution in [0.5, 0.6) is 0 Å². The van der Waals surface area contributed by atoms with E-state index in [1.54, 1.807) is 42.5 Å². The molecule has 3 nitrogen and oxygen atoms in total. The Morgan fingerprint density at radius 1 is 1.12 bits per heavy atom. The molecule has 2 rings (SSSR count). The molecule has 0 spiro atoms. The lowest BCUT2D eigenvalue weighted by molar-refractivity contribution is 0.0699. The fourth-order valence-electron chi connectivity index (χ4n) is 1.70. The summed E-state index contributed by atoms with van der Waals surface area (Å²) in [5.74, 6) is 4.04. The van der Waals surface area contributed by atoms with Crippen molar-refractivity contribution in [3.8, 4) is 17.9 Å². The third-order valence-corrected chi connectivity index (χ3v) is 2.41. The molecule has 1 N–H and O–H groups in total. The first-order chi connectivity index (χ1) is 8.24. The van der Waals surface area contributed by atoms with Crippen molar-refractivity contribution >= 4 is 16.7 Å². The molecule has 0 saturated carbocycles. The van der Waals surface area contributed by atoms with Crippen LogP contribution in [0.3, 0.4) is 0 Å². The van der Waals surface area contributed by atoms with Gasteiger partial charge in [0.05, 0.1) is 5.56 Å². The Labute approximate surface area is 97.9 Å². The topological polar surface area (TPSA) is 61.1 Å². The first-order valence-corrected chi connectivity index (χ1v) is 4.89. The first kappa shape index (κ1) is 10.7. The van der Waals surface area contributed by atoms with Gasteiger partial charge in [-0.05, 0) is 22.9 Å². The molecule has 0 aromatic heterocycles. The quantitative estimate of drug-likeness (QED) is 0.752. The van der Waals surface area contributed by atoms with Crippen molar-refractivity contribution in [3.63, 3.8) is 0 Å². The Hall–Kier alpha value is -2.78. The smallest absolute Gasteiger partial charge is 0.336 e. The Kier molecular flexibility index (Phi) is 2.77. The molecule has 0 aliphatic carbocycles. The van der Waals surface area contributed by atoms with Gasteiger partial charge in [-0.1, -0.05) is 30.2 Å². The van der Waals surface area contributed by atoms with Gasteiger partial charge in [-0.25, -0.2) is 4.79 Å². The van der Waals surface area contributed by atoms with Gasteiger partial charge in [0.1, 0.15) is 0 Å². The zero-order valence-electron chi connectivity index (χ0n) is 8.77. The largest absolute Gasteiger partial charge is 0.478 e. The van der Waals surface area contributed by atoms with Gasteiger partial charge in [-0.2, -0.15) is 5.26 Å². The lowest BCUT2D eigenvalue weighted by Gasteiger charge is -2.03. The van der Waals surface area contributed by atoms with Crippen molar-refractivity contribution in [1.29, 1.82) is 5.26 Å². The predicted octanol–water partition coefficient (Wildman–Crippen LogP) is 2.41. The summed E-state index contributed by atoms with van der Waals surface area (Å²) in [6.07, 6.45) is 0. The lowest BCUT2D eigenvalue weighted by Crippen LogP contribution is -1.97. The van der Waals surface area contributed by atoms with Crippen molar-refractivity contribution in [2.75, 3.05) is 0 Å². The summed E-state index contributed by atoms with van der Waals surface area (Å²) in [7, 11) is 0. The van der Waals surface area contributed by atoms with Gasteiger partial charge in [-0.3, -0.25) is 0 Å². The first-order valence-electron chi connectivity index (χ1n) is 4.89. The molecule has 0 bridgehead atoms. The molecule has 0 amide bonds. The number of hydrogen-bond acceptors (Lipinski definition) is 2. The SMILES string of the molecule is N#CC#Cc1cccc2c(C(=O)O)cccc12. The molecule has 0 radical (unpaired) electrons. The minimum absolute atomic E-state index is 0.239. The molecule has 2 aromatic rings. The maximum Gasteiger partial charge on any atom is 0.336 e. The van der Waals surface area contributed by atoms with Gasteiger partial charge in [0.15, 0.2) is 6.07 Å². The molecule has 0 unspecified atom stereocenters. The molecular formula is C14H7NO2. The predicted molar refractivity (Wildman–Crippen MR) is 63.4 cm³/mol. The number of nitriles is 1. The number of fused-ring (bicyclic) bond motifs is 1. The van der Waals surface area contributed by atoms with Crippen LogP contribution in [0.2, 0.25) is 0 Å². The average Bonchev–Trinajstić information content (AvgIpc) is 2.35. The van der Waals surface area contributed by atoms with Crippen molar-refractivity contribution in [2.45, 2.75) is 0 Å². The standard InChI is InChI=1S/C14H7NO2/c15-9-3-5-10-4-1-7-12-11(10)6-2-8-13(12)14(16)17/h1-2,4,6-8H,(H,16,17). The second kappa shape index (κ2) is 4.38. The molecule has 0 saturated heterocycles. The van der Waals surface area contributed by atoms with Crippen LogP contribution in [0.15, 0.2) is 36.4 Å². The summed E-state index contributed by atoms with van der Waals surface area (Å²) in [4.78, 5) is 11.1. The highest BCUT2D eigenvalue weighted by atomic mass is 16.4. The van der Waals surface area contributed by atoms with Crippen LogP contribution in [-0.2, 0) is 0 Å². The lowest BCUT2D eigenvalue weighted by atomic mass is 10.0. The van der Waals surface area contributed by atoms with E-state index in [2.05, 4.69) is 11.8 Å². The average molecular weight is 221 g/mol. The van der Waals surface area contributed by atoms with E-state index in [1.165, 1.54) is 0 Å². The van der Waals surface area contributed by atoms with E-state index in [0.29, 0.717) is 10.9 Å². The zero-order valence-corrected chi connectivity index (χ0v) is 8.77. The number of rotatable bonds is 1. The molecule has 17 heavy (non-hydrogen) atoms. The monoisotopic (exact) mass is 221 g/mol. The highest BCUT2D eigenvalue weighted by Gasteiger charge is 2.08. The van der Waals surface area contributed by atoms with Gasteiger partial charge < -0.3 is 5.11 Å². The summed E-state index contributed by atoms with van der Waals surface area (Å²) in [6, 6.07) is 12.0. The number of carboxylic acid groups (broad SMARTS) is 1. The fraction of sp³-hybridized carbons (Fsp3) is 0. The van der Waals surface area contributed by atoms with Gasteiger partial charge in [-0.15, -0.1) is 0 Å². The van der Waals surface area contributed by atoms with Crippen molar-refractivity contribution < 1.29 is 9.90 Å². The van der Waals surface area contributed by atoms with Crippen molar-refractivity contribution in [1.82, 2.24) is 0 Å². The molecule has 0 atom stereocenters. The highest BCUT2D eigenvalue weighted by molar-refractivity contribution is 6.05. The third-order valence-electron chi connectivity index (χ3n) is 2.41. The van der Waals surface area contributed by atoms with Crippen molar-refractivity contribution in [2.24, 2.45) is 0 Å². The van der Waals surface area contributed by atoms with Crippen LogP contribution < -0.4 is 0 Å². The fourth-order valence-corrected chi connectivity index (χ4v) is 1.70. The molecule has 2 aromatic carbocycles. The maximum absolute atomic E-state index is 11.1. The third kappa shape index (κ3) is 1.95. The Morgan fingerprint density at radius 3 is 2.53 bits per heavy atom. The van der Waals surface area contributed by atoms with Crippen LogP contribution >= 0.6 is 0 Å².